The predicted molar refractivity (Wildman–Crippen MR) is 125 cm³/mol. The first-order valence-corrected chi connectivity index (χ1v) is 11.9. The fourth-order valence-electron chi connectivity index (χ4n) is 6.17. The Hall–Kier alpha value is -1.80. The summed E-state index contributed by atoms with van der Waals surface area (Å²) in [5.74, 6) is 0. The number of likely N-dealkylation sites (tertiary alicyclic amines) is 1. The minimum Gasteiger partial charge on any atom is -0.367 e. The summed E-state index contributed by atoms with van der Waals surface area (Å²) in [4.78, 5) is 2.77. The van der Waals surface area contributed by atoms with E-state index in [-0.39, 0.29) is 0 Å². The van der Waals surface area contributed by atoms with Crippen LogP contribution < -0.4 is 4.90 Å². The number of benzene rings is 2. The molecule has 2 nitrogen and oxygen atoms in total. The molecule has 1 heterocycles. The van der Waals surface area contributed by atoms with E-state index in [0.29, 0.717) is 6.04 Å². The lowest BCUT2D eigenvalue weighted by Gasteiger charge is -2.47. The number of piperidine rings is 1. The Labute approximate surface area is 178 Å². The number of quaternary nitrogens is 1. The molecule has 0 saturated carbocycles. The second-order valence-electron chi connectivity index (χ2n) is 9.32. The maximum Gasteiger partial charge on any atom is 0.0907 e. The highest BCUT2D eigenvalue weighted by Gasteiger charge is 2.37. The molecule has 2 heteroatoms. The molecule has 4 rings (SSSR count). The second kappa shape index (κ2) is 8.92. The Balaban J connectivity index is 1.56. The van der Waals surface area contributed by atoms with Crippen LogP contribution in [0, 0.1) is 6.92 Å². The Bertz CT molecular complexity index is 783. The van der Waals surface area contributed by atoms with Crippen molar-refractivity contribution in [2.75, 3.05) is 31.1 Å². The number of nitrogens with zero attached hydrogens (tertiary/aromatic N) is 2. The van der Waals surface area contributed by atoms with Crippen molar-refractivity contribution in [2.45, 2.75) is 71.4 Å². The molecule has 0 bridgehead atoms. The van der Waals surface area contributed by atoms with Gasteiger partial charge in [-0.2, -0.15) is 0 Å². The molecule has 0 N–H and O–H groups in total. The maximum absolute atomic E-state index is 2.77. The van der Waals surface area contributed by atoms with Crippen molar-refractivity contribution in [2.24, 2.45) is 0 Å². The molecule has 0 amide bonds. The van der Waals surface area contributed by atoms with Gasteiger partial charge in [-0.05, 0) is 75.6 Å². The number of aryl methyl sites for hydroxylation is 1. The molecule has 0 aromatic heterocycles. The largest absolute Gasteiger partial charge is 0.367 e. The summed E-state index contributed by atoms with van der Waals surface area (Å²) in [5.41, 5.74) is 5.98. The standard InChI is InChI=1S/C27H39N2/c1-4-29(5-2)19-11-10-15-26(29)17-18-28(27-16-9-6-12-22(27)3)25-20-23-13-7-8-14-24(23)21-25/h6-9,12-14,16,25-26H,4-5,10-11,15,17-21H2,1-3H3/q+1. The molecular weight excluding hydrogens is 352 g/mol. The molecule has 29 heavy (non-hydrogen) atoms. The minimum absolute atomic E-state index is 0.599. The molecule has 156 valence electrons. The SMILES string of the molecule is CC[N+]1(CC)CCCCC1CCN(c1ccccc1C)C1Cc2ccccc2C1. The van der Waals surface area contributed by atoms with Gasteiger partial charge >= 0.3 is 0 Å². The zero-order chi connectivity index (χ0) is 20.3. The highest BCUT2D eigenvalue weighted by atomic mass is 15.4. The van der Waals surface area contributed by atoms with Gasteiger partial charge in [0.1, 0.15) is 0 Å². The Morgan fingerprint density at radius 3 is 2.21 bits per heavy atom. The van der Waals surface area contributed by atoms with Gasteiger partial charge in [0.25, 0.3) is 0 Å². The summed E-state index contributed by atoms with van der Waals surface area (Å²) in [5, 5.41) is 0. The minimum atomic E-state index is 0.599. The quantitative estimate of drug-likeness (QED) is 0.542. The van der Waals surface area contributed by atoms with Crippen LogP contribution >= 0.6 is 0 Å². The molecular formula is C27H39N2+. The van der Waals surface area contributed by atoms with Gasteiger partial charge in [-0.1, -0.05) is 42.5 Å². The number of hydrogen-bond donors (Lipinski definition) is 0. The molecule has 1 saturated heterocycles. The summed E-state index contributed by atoms with van der Waals surface area (Å²) in [6.45, 7) is 12.3. The van der Waals surface area contributed by atoms with Gasteiger partial charge in [-0.15, -0.1) is 0 Å². The summed E-state index contributed by atoms with van der Waals surface area (Å²) < 4.78 is 1.34. The zero-order valence-corrected chi connectivity index (χ0v) is 18.7. The number of hydrogen-bond acceptors (Lipinski definition) is 1. The third-order valence-corrected chi connectivity index (χ3v) is 8.02. The topological polar surface area (TPSA) is 3.24 Å². The van der Waals surface area contributed by atoms with E-state index in [4.69, 9.17) is 0 Å². The van der Waals surface area contributed by atoms with Crippen molar-refractivity contribution in [3.05, 3.63) is 65.2 Å². The highest BCUT2D eigenvalue weighted by Crippen LogP contribution is 2.33. The van der Waals surface area contributed by atoms with Crippen LogP contribution in [0.15, 0.2) is 48.5 Å². The van der Waals surface area contributed by atoms with Crippen molar-refractivity contribution >= 4 is 5.69 Å². The van der Waals surface area contributed by atoms with Crippen LogP contribution in [-0.4, -0.2) is 42.7 Å². The number of rotatable bonds is 7. The molecule has 0 spiro atoms. The van der Waals surface area contributed by atoms with Gasteiger partial charge in [0, 0.05) is 24.7 Å². The van der Waals surface area contributed by atoms with E-state index in [1.807, 2.05) is 0 Å². The van der Waals surface area contributed by atoms with E-state index in [2.05, 4.69) is 74.2 Å². The molecule has 1 aliphatic carbocycles. The molecule has 1 unspecified atom stereocenters. The van der Waals surface area contributed by atoms with E-state index in [1.54, 1.807) is 11.1 Å². The average Bonchev–Trinajstić information content (AvgIpc) is 3.19. The predicted octanol–water partition coefficient (Wildman–Crippen LogP) is 5.77. The van der Waals surface area contributed by atoms with Crippen LogP contribution in [0.1, 0.15) is 56.2 Å². The van der Waals surface area contributed by atoms with Gasteiger partial charge < -0.3 is 9.38 Å². The van der Waals surface area contributed by atoms with Crippen LogP contribution in [0.25, 0.3) is 0 Å². The van der Waals surface area contributed by atoms with Crippen molar-refractivity contribution in [3.8, 4) is 0 Å². The summed E-state index contributed by atoms with van der Waals surface area (Å²) >= 11 is 0. The van der Waals surface area contributed by atoms with Gasteiger partial charge in [0.15, 0.2) is 0 Å². The monoisotopic (exact) mass is 391 g/mol. The van der Waals surface area contributed by atoms with E-state index >= 15 is 0 Å². The smallest absolute Gasteiger partial charge is 0.0907 e. The number of anilines is 1. The molecule has 1 atom stereocenters. The number of fused-ring (bicyclic) bond motifs is 1. The molecule has 2 aliphatic rings. The van der Waals surface area contributed by atoms with Crippen LogP contribution in [0.2, 0.25) is 0 Å². The first-order valence-electron chi connectivity index (χ1n) is 11.9. The van der Waals surface area contributed by atoms with Crippen molar-refractivity contribution in [1.82, 2.24) is 0 Å². The first-order chi connectivity index (χ1) is 14.2. The van der Waals surface area contributed by atoms with E-state index in [0.717, 1.165) is 6.04 Å². The van der Waals surface area contributed by atoms with Crippen LogP contribution in [0.4, 0.5) is 5.69 Å². The molecule has 2 aromatic carbocycles. The van der Waals surface area contributed by atoms with Gasteiger partial charge in [-0.25, -0.2) is 0 Å². The lowest BCUT2D eigenvalue weighted by Crippen LogP contribution is -2.58. The van der Waals surface area contributed by atoms with Crippen molar-refractivity contribution in [3.63, 3.8) is 0 Å². The lowest BCUT2D eigenvalue weighted by atomic mass is 9.94. The fraction of sp³-hybridized carbons (Fsp3) is 0.556. The Morgan fingerprint density at radius 1 is 0.897 bits per heavy atom. The fourth-order valence-corrected chi connectivity index (χ4v) is 6.17. The second-order valence-corrected chi connectivity index (χ2v) is 9.32. The van der Waals surface area contributed by atoms with Gasteiger partial charge in [-0.3, -0.25) is 0 Å². The van der Waals surface area contributed by atoms with Crippen LogP contribution in [0.5, 0.6) is 0 Å². The molecule has 2 aromatic rings. The molecule has 1 aliphatic heterocycles. The average molecular weight is 392 g/mol. The molecule has 1 fully saturated rings. The maximum atomic E-state index is 2.77. The van der Waals surface area contributed by atoms with Crippen molar-refractivity contribution < 1.29 is 4.48 Å². The van der Waals surface area contributed by atoms with E-state index in [1.165, 1.54) is 80.4 Å². The van der Waals surface area contributed by atoms with Crippen LogP contribution in [-0.2, 0) is 12.8 Å². The first kappa shape index (κ1) is 20.5. The summed E-state index contributed by atoms with van der Waals surface area (Å²) in [6.07, 6.45) is 7.95. The van der Waals surface area contributed by atoms with E-state index in [9.17, 15) is 0 Å². The summed E-state index contributed by atoms with van der Waals surface area (Å²) in [7, 11) is 0. The zero-order valence-electron chi connectivity index (χ0n) is 18.7. The summed E-state index contributed by atoms with van der Waals surface area (Å²) in [6, 6.07) is 19.5. The number of para-hydroxylation sites is 1. The van der Waals surface area contributed by atoms with E-state index < -0.39 is 0 Å². The normalized spacial score (nSPS) is 21.1. The van der Waals surface area contributed by atoms with Gasteiger partial charge in [0.2, 0.25) is 0 Å². The van der Waals surface area contributed by atoms with Crippen LogP contribution in [0.3, 0.4) is 0 Å². The van der Waals surface area contributed by atoms with Gasteiger partial charge in [0.05, 0.1) is 25.7 Å². The van der Waals surface area contributed by atoms with Crippen molar-refractivity contribution in [1.29, 1.82) is 0 Å². The highest BCUT2D eigenvalue weighted by molar-refractivity contribution is 5.55. The third kappa shape index (κ3) is 4.10. The Kier molecular flexibility index (Phi) is 6.29. The lowest BCUT2D eigenvalue weighted by molar-refractivity contribution is -0.953. The Morgan fingerprint density at radius 2 is 1.55 bits per heavy atom. The molecule has 0 radical (unpaired) electrons. The third-order valence-electron chi connectivity index (χ3n) is 8.02.